The Morgan fingerprint density at radius 1 is 0.897 bits per heavy atom. The van der Waals surface area contributed by atoms with Crippen molar-refractivity contribution in [3.05, 3.63) is 88.1 Å². The summed E-state index contributed by atoms with van der Waals surface area (Å²) in [6.45, 7) is -1.83. The Balaban J connectivity index is 1.92. The number of carbonyl (C=O) groups is 1. The number of halogens is 10. The molecule has 0 aliphatic rings. The van der Waals surface area contributed by atoms with Crippen LogP contribution in [0.3, 0.4) is 0 Å². The van der Waals surface area contributed by atoms with Gasteiger partial charge < -0.3 is 15.2 Å². The van der Waals surface area contributed by atoms with Gasteiger partial charge >= 0.3 is 18.5 Å². The average Bonchev–Trinajstić information content (AvgIpc) is 2.81. The van der Waals surface area contributed by atoms with Crippen LogP contribution in [0, 0.1) is 5.82 Å². The van der Waals surface area contributed by atoms with Crippen LogP contribution >= 0.6 is 0 Å². The highest BCUT2D eigenvalue weighted by atomic mass is 19.4. The van der Waals surface area contributed by atoms with Gasteiger partial charge in [0.25, 0.3) is 17.1 Å². The Labute approximate surface area is 211 Å². The second-order valence-electron chi connectivity index (χ2n) is 7.85. The second-order valence-corrected chi connectivity index (χ2v) is 7.85. The Bertz CT molecular complexity index is 1400. The lowest BCUT2D eigenvalue weighted by molar-refractivity contribution is -0.376. The molecule has 2 aromatic carbocycles. The van der Waals surface area contributed by atoms with Crippen molar-refractivity contribution in [2.45, 2.75) is 24.1 Å². The van der Waals surface area contributed by atoms with Crippen molar-refractivity contribution in [3.8, 4) is 11.4 Å². The van der Waals surface area contributed by atoms with Crippen LogP contribution in [0.1, 0.15) is 15.9 Å². The Morgan fingerprint density at radius 3 is 2.03 bits per heavy atom. The molecule has 0 atom stereocenters. The van der Waals surface area contributed by atoms with Crippen molar-refractivity contribution >= 4 is 11.6 Å². The van der Waals surface area contributed by atoms with Gasteiger partial charge in [-0.2, -0.15) is 39.5 Å². The van der Waals surface area contributed by atoms with Gasteiger partial charge in [-0.25, -0.2) is 4.39 Å². The largest absolute Gasteiger partial charge is 0.482 e. The number of ether oxygens (including phenoxy) is 1. The lowest BCUT2D eigenvalue weighted by Crippen LogP contribution is -2.53. The van der Waals surface area contributed by atoms with E-state index >= 15 is 0 Å². The van der Waals surface area contributed by atoms with Crippen LogP contribution in [0.15, 0.2) is 65.6 Å². The van der Waals surface area contributed by atoms with E-state index in [0.717, 1.165) is 30.5 Å². The molecular weight excluding hydrogens is 558 g/mol. The molecule has 0 saturated heterocycles. The number of aromatic nitrogens is 1. The minimum atomic E-state index is -6.13. The summed E-state index contributed by atoms with van der Waals surface area (Å²) in [7, 11) is 0. The monoisotopic (exact) mass is 572 g/mol. The molecule has 2 N–H and O–H groups in total. The average molecular weight is 572 g/mol. The number of anilines is 1. The Kier molecular flexibility index (Phi) is 7.74. The first kappa shape index (κ1) is 29.5. The fraction of sp³-hybridized carbons (Fsp3) is 0.217. The van der Waals surface area contributed by atoms with Crippen molar-refractivity contribution in [1.29, 1.82) is 0 Å². The highest BCUT2D eigenvalue weighted by Gasteiger charge is 2.71. The first-order valence-electron chi connectivity index (χ1n) is 10.3. The van der Waals surface area contributed by atoms with E-state index in [4.69, 9.17) is 0 Å². The number of rotatable bonds is 6. The van der Waals surface area contributed by atoms with Crippen molar-refractivity contribution in [1.82, 2.24) is 4.57 Å². The van der Waals surface area contributed by atoms with E-state index < -0.39 is 64.9 Å². The van der Waals surface area contributed by atoms with Gasteiger partial charge in [-0.05, 0) is 36.4 Å². The molecule has 0 fully saturated rings. The number of carbonyl (C=O) groups excluding carboxylic acids is 1. The number of alkyl halides is 9. The van der Waals surface area contributed by atoms with Crippen molar-refractivity contribution in [2.24, 2.45) is 0 Å². The number of pyridine rings is 1. The summed E-state index contributed by atoms with van der Waals surface area (Å²) in [5.41, 5.74) is -9.33. The number of amides is 1. The minimum absolute atomic E-state index is 0.267. The molecule has 39 heavy (non-hydrogen) atoms. The summed E-state index contributed by atoms with van der Waals surface area (Å²) in [4.78, 5) is 25.5. The van der Waals surface area contributed by atoms with Gasteiger partial charge in [0.15, 0.2) is 6.61 Å². The molecule has 210 valence electrons. The van der Waals surface area contributed by atoms with Crippen LogP contribution in [-0.4, -0.2) is 40.7 Å². The molecule has 3 rings (SSSR count). The Hall–Kier alpha value is -4.08. The van der Waals surface area contributed by atoms with E-state index in [0.29, 0.717) is 22.8 Å². The zero-order valence-corrected chi connectivity index (χ0v) is 18.9. The van der Waals surface area contributed by atoms with E-state index in [-0.39, 0.29) is 23.5 Å². The highest BCUT2D eigenvalue weighted by molar-refractivity contribution is 6.04. The smallest absolute Gasteiger partial charge is 0.430 e. The predicted molar refractivity (Wildman–Crippen MR) is 114 cm³/mol. The zero-order valence-electron chi connectivity index (χ0n) is 18.9. The fourth-order valence-corrected chi connectivity index (χ4v) is 3.30. The van der Waals surface area contributed by atoms with Crippen LogP contribution in [-0.2, 0) is 5.60 Å². The molecule has 0 aliphatic heterocycles. The lowest BCUT2D eigenvalue weighted by Gasteiger charge is -2.32. The first-order chi connectivity index (χ1) is 17.8. The number of benzene rings is 2. The van der Waals surface area contributed by atoms with Gasteiger partial charge in [0.1, 0.15) is 17.1 Å². The van der Waals surface area contributed by atoms with Gasteiger partial charge in [0.2, 0.25) is 0 Å². The molecule has 0 radical (unpaired) electrons. The SMILES string of the molecule is O=C(Nc1ccc(C(O)(C(F)(F)F)C(F)(F)F)cc1)c1cccn(-c2ccc(F)cc2OCC(F)(F)F)c1=O. The van der Waals surface area contributed by atoms with E-state index in [1.165, 1.54) is 0 Å². The summed E-state index contributed by atoms with van der Waals surface area (Å²) in [6, 6.07) is 6.12. The minimum Gasteiger partial charge on any atom is -0.482 e. The van der Waals surface area contributed by atoms with Crippen LogP contribution < -0.4 is 15.6 Å². The summed E-state index contributed by atoms with van der Waals surface area (Å²) in [6.07, 6.45) is -16.0. The van der Waals surface area contributed by atoms with E-state index in [1.807, 2.05) is 0 Å². The molecule has 0 spiro atoms. The van der Waals surface area contributed by atoms with Crippen LogP contribution in [0.4, 0.5) is 49.6 Å². The molecule has 6 nitrogen and oxygen atoms in total. The number of nitrogens with one attached hydrogen (secondary N) is 1. The highest BCUT2D eigenvalue weighted by Crippen LogP contribution is 2.50. The molecule has 0 aliphatic carbocycles. The Morgan fingerprint density at radius 2 is 1.49 bits per heavy atom. The van der Waals surface area contributed by atoms with Gasteiger partial charge in [0.05, 0.1) is 5.69 Å². The molecule has 1 aromatic heterocycles. The van der Waals surface area contributed by atoms with Crippen molar-refractivity contribution in [2.75, 3.05) is 11.9 Å². The number of nitrogens with zero attached hydrogens (tertiary/aromatic N) is 1. The summed E-state index contributed by atoms with van der Waals surface area (Å²) in [5.74, 6) is -2.89. The quantitative estimate of drug-likeness (QED) is 0.384. The maximum absolute atomic E-state index is 13.6. The maximum atomic E-state index is 13.6. The molecule has 0 saturated carbocycles. The second kappa shape index (κ2) is 10.2. The molecular formula is C23H14F10N2O4. The van der Waals surface area contributed by atoms with E-state index in [1.54, 1.807) is 0 Å². The fourth-order valence-electron chi connectivity index (χ4n) is 3.30. The molecule has 1 amide bonds. The van der Waals surface area contributed by atoms with E-state index in [2.05, 4.69) is 10.1 Å². The number of hydrogen-bond donors (Lipinski definition) is 2. The topological polar surface area (TPSA) is 80.6 Å². The zero-order chi connectivity index (χ0) is 29.4. The molecule has 3 aromatic rings. The van der Waals surface area contributed by atoms with Crippen LogP contribution in [0.5, 0.6) is 5.75 Å². The predicted octanol–water partition coefficient (Wildman–Crippen LogP) is 5.48. The summed E-state index contributed by atoms with van der Waals surface area (Å²) in [5, 5.41) is 11.5. The van der Waals surface area contributed by atoms with Crippen LogP contribution in [0.2, 0.25) is 0 Å². The molecule has 0 bridgehead atoms. The van der Waals surface area contributed by atoms with Gasteiger partial charge in [-0.15, -0.1) is 0 Å². The van der Waals surface area contributed by atoms with Gasteiger partial charge in [0, 0.05) is 23.5 Å². The van der Waals surface area contributed by atoms with Gasteiger partial charge in [-0.3, -0.25) is 14.2 Å². The summed E-state index contributed by atoms with van der Waals surface area (Å²) >= 11 is 0. The molecule has 1 heterocycles. The normalized spacial score (nSPS) is 12.8. The molecule has 0 unspecified atom stereocenters. The third kappa shape index (κ3) is 6.16. The van der Waals surface area contributed by atoms with E-state index in [9.17, 15) is 58.6 Å². The maximum Gasteiger partial charge on any atom is 0.430 e. The number of hydrogen-bond acceptors (Lipinski definition) is 4. The van der Waals surface area contributed by atoms with Gasteiger partial charge in [-0.1, -0.05) is 12.1 Å². The van der Waals surface area contributed by atoms with Crippen molar-refractivity contribution in [3.63, 3.8) is 0 Å². The third-order valence-electron chi connectivity index (χ3n) is 5.15. The standard InChI is InChI=1S/C23H14F10N2O4/c24-13-5-8-16(17(10-13)39-11-20(25,26)27)35-9-1-2-15(19(35)37)18(36)34-14-6-3-12(4-7-14)21(38,22(28,29)30)23(31,32)33/h1-10,38H,11H2,(H,34,36). The summed E-state index contributed by atoms with van der Waals surface area (Å²) < 4.78 is 135. The molecule has 16 heteroatoms. The van der Waals surface area contributed by atoms with Crippen LogP contribution in [0.25, 0.3) is 5.69 Å². The number of aliphatic hydroxyl groups is 1. The van der Waals surface area contributed by atoms with Crippen molar-refractivity contribution < 1.29 is 58.5 Å². The first-order valence-corrected chi connectivity index (χ1v) is 10.3. The third-order valence-corrected chi connectivity index (χ3v) is 5.15. The lowest BCUT2D eigenvalue weighted by atomic mass is 9.92.